The van der Waals surface area contributed by atoms with E-state index in [1.54, 1.807) is 0 Å². The fourth-order valence-corrected chi connectivity index (χ4v) is 6.45. The number of hydrogen-bond donors (Lipinski definition) is 1. The van der Waals surface area contributed by atoms with Crippen LogP contribution < -0.4 is 20.9 Å². The number of rotatable bonds is 5. The highest BCUT2D eigenvalue weighted by Gasteiger charge is 2.32. The van der Waals surface area contributed by atoms with Crippen molar-refractivity contribution >= 4 is 24.9 Å². The first-order valence-electron chi connectivity index (χ1n) is 11.8. The van der Waals surface area contributed by atoms with Crippen molar-refractivity contribution in [1.82, 2.24) is 24.8 Å². The van der Waals surface area contributed by atoms with E-state index < -0.39 is 17.2 Å². The second-order valence-electron chi connectivity index (χ2n) is 9.26. The molecule has 1 fully saturated rings. The van der Waals surface area contributed by atoms with Gasteiger partial charge in [-0.05, 0) is 32.0 Å². The van der Waals surface area contributed by atoms with Crippen LogP contribution in [0.15, 0.2) is 29.3 Å². The van der Waals surface area contributed by atoms with Gasteiger partial charge in [0.05, 0.1) is 35.7 Å². The molecule has 0 saturated carbocycles. The maximum absolute atomic E-state index is 14.7. The number of ether oxygens (including phenoxy) is 1. The number of aromatic nitrogens is 3. The van der Waals surface area contributed by atoms with Crippen LogP contribution in [0.25, 0.3) is 11.0 Å². The van der Waals surface area contributed by atoms with E-state index in [1.165, 1.54) is 9.87 Å². The van der Waals surface area contributed by atoms with E-state index in [2.05, 4.69) is 26.3 Å². The highest BCUT2D eigenvalue weighted by Crippen LogP contribution is 2.35. The van der Waals surface area contributed by atoms with Gasteiger partial charge in [-0.25, -0.2) is 8.78 Å². The Morgan fingerprint density at radius 3 is 2.85 bits per heavy atom. The van der Waals surface area contributed by atoms with Crippen molar-refractivity contribution in [3.8, 4) is 5.75 Å². The largest absolute Gasteiger partial charge is 0.491 e. The van der Waals surface area contributed by atoms with E-state index in [9.17, 15) is 13.6 Å². The molecule has 1 saturated heterocycles. The molecule has 3 aromatic rings. The molecule has 6 heterocycles. The third kappa shape index (κ3) is 4.00. The Kier molecular flexibility index (Phi) is 5.79. The van der Waals surface area contributed by atoms with E-state index in [0.717, 1.165) is 77.5 Å². The summed E-state index contributed by atoms with van der Waals surface area (Å²) in [5, 5.41) is 4.90. The summed E-state index contributed by atoms with van der Waals surface area (Å²) >= 11 is 0. The quantitative estimate of drug-likeness (QED) is 0.559. The molecule has 2 atom stereocenters. The number of nitrogens with one attached hydrogen (secondary N) is 1. The topological polar surface area (TPSA) is 72.3 Å². The molecule has 3 aliphatic heterocycles. The van der Waals surface area contributed by atoms with Gasteiger partial charge in [-0.15, -0.1) is 0 Å². The van der Waals surface area contributed by atoms with Gasteiger partial charge in [0.1, 0.15) is 11.6 Å². The third-order valence-electron chi connectivity index (χ3n) is 7.10. The Labute approximate surface area is 197 Å². The molecule has 0 radical (unpaired) electrons. The first kappa shape index (κ1) is 22.0. The van der Waals surface area contributed by atoms with Crippen molar-refractivity contribution in [3.05, 3.63) is 57.8 Å². The van der Waals surface area contributed by atoms with Gasteiger partial charge in [0, 0.05) is 54.7 Å². The Balaban J connectivity index is 1.07. The predicted molar refractivity (Wildman–Crippen MR) is 128 cm³/mol. The lowest BCUT2D eigenvalue weighted by atomic mass is 9.98. The number of hydrogen-bond acceptors (Lipinski definition) is 6. The maximum Gasteiger partial charge on any atom is 0.287 e. The van der Waals surface area contributed by atoms with Crippen LogP contribution >= 0.6 is 8.58 Å². The second-order valence-corrected chi connectivity index (χ2v) is 10.7. The molecule has 3 aliphatic rings. The molecule has 0 aliphatic carbocycles. The van der Waals surface area contributed by atoms with Crippen LogP contribution in [0.3, 0.4) is 0 Å². The molecule has 34 heavy (non-hydrogen) atoms. The molecular formula is C24H26F2N5O2P. The van der Waals surface area contributed by atoms with Crippen LogP contribution in [-0.2, 0) is 13.1 Å². The molecule has 7 nitrogen and oxygen atoms in total. The van der Waals surface area contributed by atoms with Gasteiger partial charge in [-0.3, -0.25) is 14.8 Å². The lowest BCUT2D eigenvalue weighted by molar-refractivity contribution is 0.184. The first-order chi connectivity index (χ1) is 16.6. The van der Waals surface area contributed by atoms with Crippen LogP contribution in [0, 0.1) is 11.6 Å². The Morgan fingerprint density at radius 1 is 1.15 bits per heavy atom. The number of halogens is 2. The lowest BCUT2D eigenvalue weighted by Crippen LogP contribution is -2.43. The molecule has 0 bridgehead atoms. The van der Waals surface area contributed by atoms with E-state index in [4.69, 9.17) is 4.74 Å². The molecule has 178 valence electrons. The van der Waals surface area contributed by atoms with E-state index in [-0.39, 0.29) is 12.5 Å². The molecule has 1 N–H and O–H groups in total. The van der Waals surface area contributed by atoms with Crippen molar-refractivity contribution in [3.63, 3.8) is 0 Å². The summed E-state index contributed by atoms with van der Waals surface area (Å²) in [6, 6.07) is 3.66. The van der Waals surface area contributed by atoms with Gasteiger partial charge in [-0.1, -0.05) is 8.58 Å². The van der Waals surface area contributed by atoms with E-state index in [0.29, 0.717) is 29.2 Å². The van der Waals surface area contributed by atoms with Gasteiger partial charge in [-0.2, -0.15) is 0 Å². The van der Waals surface area contributed by atoms with Crippen LogP contribution in [-0.4, -0.2) is 57.9 Å². The van der Waals surface area contributed by atoms with E-state index in [1.807, 2.05) is 6.20 Å². The smallest absolute Gasteiger partial charge is 0.287 e. The summed E-state index contributed by atoms with van der Waals surface area (Å²) in [5.41, 5.74) is 1.61. The van der Waals surface area contributed by atoms with Gasteiger partial charge in [0.2, 0.25) is 0 Å². The summed E-state index contributed by atoms with van der Waals surface area (Å²) < 4.78 is 35.7. The third-order valence-corrected chi connectivity index (χ3v) is 8.33. The van der Waals surface area contributed by atoms with E-state index >= 15 is 0 Å². The van der Waals surface area contributed by atoms with Crippen LogP contribution in [0.5, 0.6) is 5.75 Å². The summed E-state index contributed by atoms with van der Waals surface area (Å²) in [4.78, 5) is 23.2. The normalized spacial score (nSPS) is 21.2. The molecule has 6 rings (SSSR count). The van der Waals surface area contributed by atoms with Crippen molar-refractivity contribution < 1.29 is 13.5 Å². The molecule has 0 amide bonds. The second kappa shape index (κ2) is 8.95. The minimum atomic E-state index is -0.841. The lowest BCUT2D eigenvalue weighted by Gasteiger charge is -2.34. The van der Waals surface area contributed by atoms with Crippen molar-refractivity contribution in [2.24, 2.45) is 0 Å². The minimum Gasteiger partial charge on any atom is -0.491 e. The first-order valence-corrected chi connectivity index (χ1v) is 13.0. The van der Waals surface area contributed by atoms with Crippen LogP contribution in [0.4, 0.5) is 8.78 Å². The van der Waals surface area contributed by atoms with Gasteiger partial charge >= 0.3 is 0 Å². The average molecular weight is 485 g/mol. The molecule has 3 aromatic heterocycles. The molecular weight excluding hydrogens is 459 g/mol. The molecule has 0 aromatic carbocycles. The molecule has 10 heteroatoms. The summed E-state index contributed by atoms with van der Waals surface area (Å²) in [5.74, 6) is -0.530. The Bertz CT molecular complexity index is 1310. The summed E-state index contributed by atoms with van der Waals surface area (Å²) in [7, 11) is 0.784. The number of pyridine rings is 3. The molecule has 2 unspecified atom stereocenters. The summed E-state index contributed by atoms with van der Waals surface area (Å²) in [6.07, 6.45) is 6.03. The van der Waals surface area contributed by atoms with Gasteiger partial charge < -0.3 is 19.5 Å². The van der Waals surface area contributed by atoms with Crippen molar-refractivity contribution in [2.75, 3.05) is 32.4 Å². The maximum atomic E-state index is 14.7. The fraction of sp³-hybridized carbons (Fsp3) is 0.458. The fourth-order valence-electron chi connectivity index (χ4n) is 5.40. The summed E-state index contributed by atoms with van der Waals surface area (Å²) in [6.45, 7) is 4.21. The van der Waals surface area contributed by atoms with Crippen LogP contribution in [0.1, 0.15) is 30.0 Å². The predicted octanol–water partition coefficient (Wildman–Crippen LogP) is 2.12. The zero-order chi connectivity index (χ0) is 23.2. The van der Waals surface area contributed by atoms with Gasteiger partial charge in [0.25, 0.3) is 5.56 Å². The minimum absolute atomic E-state index is 0.188. The monoisotopic (exact) mass is 485 g/mol. The Morgan fingerprint density at radius 2 is 2.00 bits per heavy atom. The van der Waals surface area contributed by atoms with Crippen molar-refractivity contribution in [2.45, 2.75) is 37.9 Å². The highest BCUT2D eigenvalue weighted by molar-refractivity contribution is 7.47. The number of nitrogens with zero attached hydrogens (tertiary/aromatic N) is 4. The van der Waals surface area contributed by atoms with Gasteiger partial charge in [0.15, 0.2) is 5.82 Å². The number of piperidine rings is 1. The SMILES string of the molecule is O=c1c(F)cc2ncc(F)c3c2n1CC3CN1CCC(NCc2cc3c(cn2)OCCP3)CC1. The standard InChI is InChI=1S/C24H26F2N5O2P/c25-17-8-19-23-22(18(26)10-29-19)14(13-31(23)24(17)32)12-30-3-1-15(2-4-30)27-9-16-7-21-20(11-28-16)33-5-6-34-21/h7-8,10-11,14-15,27,34H,1-6,9,12-13H2. The number of likely N-dealkylation sites (tertiary alicyclic amines) is 1. The highest BCUT2D eigenvalue weighted by atomic mass is 31.1. The van der Waals surface area contributed by atoms with Crippen molar-refractivity contribution in [1.29, 1.82) is 0 Å². The number of fused-ring (bicyclic) bond motifs is 1. The molecule has 0 spiro atoms. The van der Waals surface area contributed by atoms with Crippen LogP contribution in [0.2, 0.25) is 0 Å². The zero-order valence-electron chi connectivity index (χ0n) is 18.7. The zero-order valence-corrected chi connectivity index (χ0v) is 19.7. The Hall–Kier alpha value is -2.48. The average Bonchev–Trinajstić information content (AvgIpc) is 3.24.